The quantitative estimate of drug-likeness (QED) is 0.544. The zero-order valence-corrected chi connectivity index (χ0v) is 13.8. The number of fused-ring (bicyclic) bond motifs is 2. The maximum Gasteiger partial charge on any atom is 0.192 e. The first kappa shape index (κ1) is 14.5. The highest BCUT2D eigenvalue weighted by molar-refractivity contribution is 5.83. The van der Waals surface area contributed by atoms with Gasteiger partial charge in [0.05, 0.1) is 23.1 Å². The van der Waals surface area contributed by atoms with E-state index in [0.717, 1.165) is 41.1 Å². The lowest BCUT2D eigenvalue weighted by Gasteiger charge is -2.26. The second kappa shape index (κ2) is 5.31. The van der Waals surface area contributed by atoms with Crippen molar-refractivity contribution in [1.29, 1.82) is 0 Å². The van der Waals surface area contributed by atoms with E-state index >= 15 is 0 Å². The van der Waals surface area contributed by atoms with Crippen LogP contribution in [0.1, 0.15) is 31.3 Å². The predicted octanol–water partition coefficient (Wildman–Crippen LogP) is 4.97. The Labute approximate surface area is 145 Å². The Morgan fingerprint density at radius 2 is 1.12 bits per heavy atom. The van der Waals surface area contributed by atoms with Crippen LogP contribution < -0.4 is 0 Å². The average molecular weight is 332 g/mol. The van der Waals surface area contributed by atoms with Gasteiger partial charge in [0, 0.05) is 22.9 Å². The minimum atomic E-state index is 0.126. The van der Waals surface area contributed by atoms with E-state index < -0.39 is 0 Å². The predicted molar refractivity (Wildman–Crippen MR) is 99.1 cm³/mol. The van der Waals surface area contributed by atoms with E-state index in [1.54, 1.807) is 0 Å². The molecule has 1 aliphatic carbocycles. The fourth-order valence-electron chi connectivity index (χ4n) is 4.54. The fourth-order valence-corrected chi connectivity index (χ4v) is 4.54. The molecule has 2 atom stereocenters. The molecular formula is C21H20N2O2. The van der Waals surface area contributed by atoms with Crippen LogP contribution in [0.5, 0.6) is 11.8 Å². The van der Waals surface area contributed by atoms with Crippen molar-refractivity contribution in [2.75, 3.05) is 0 Å². The molecule has 0 saturated heterocycles. The molecule has 4 aromatic rings. The Morgan fingerprint density at radius 3 is 1.60 bits per heavy atom. The standard InChI is InChI=1S/C21H20N2O2/c24-20-12-14-6-1-3-8-16(14)22(20)18-10-5-11-19(18)23-17-9-4-2-7-15(17)13-21(23)25/h1-4,6-9,12-13,18-19,24-25H,5,10-11H2. The Bertz CT molecular complexity index is 990. The molecule has 25 heavy (non-hydrogen) atoms. The molecule has 1 fully saturated rings. The summed E-state index contributed by atoms with van der Waals surface area (Å²) in [7, 11) is 0. The van der Waals surface area contributed by atoms with Crippen LogP contribution in [0.15, 0.2) is 60.7 Å². The third-order valence-electron chi connectivity index (χ3n) is 5.56. The van der Waals surface area contributed by atoms with Crippen LogP contribution >= 0.6 is 0 Å². The summed E-state index contributed by atoms with van der Waals surface area (Å²) in [6, 6.07) is 20.1. The van der Waals surface area contributed by atoms with Crippen LogP contribution in [-0.4, -0.2) is 19.3 Å². The maximum absolute atomic E-state index is 10.6. The van der Waals surface area contributed by atoms with Crippen molar-refractivity contribution in [2.45, 2.75) is 31.3 Å². The molecule has 0 spiro atoms. The number of para-hydroxylation sites is 2. The van der Waals surface area contributed by atoms with Gasteiger partial charge >= 0.3 is 0 Å². The third kappa shape index (κ3) is 2.07. The van der Waals surface area contributed by atoms with E-state index in [0.29, 0.717) is 11.8 Å². The van der Waals surface area contributed by atoms with E-state index in [1.807, 2.05) is 57.7 Å². The van der Waals surface area contributed by atoms with Gasteiger partial charge in [-0.15, -0.1) is 0 Å². The molecule has 0 radical (unpaired) electrons. The van der Waals surface area contributed by atoms with Gasteiger partial charge in [-0.2, -0.15) is 0 Å². The number of hydrogen-bond acceptors (Lipinski definition) is 2. The molecule has 2 aromatic carbocycles. The monoisotopic (exact) mass is 332 g/mol. The number of aromatic hydroxyl groups is 2. The zero-order valence-electron chi connectivity index (χ0n) is 13.8. The third-order valence-corrected chi connectivity index (χ3v) is 5.56. The maximum atomic E-state index is 10.6. The largest absolute Gasteiger partial charge is 0.494 e. The Hall–Kier alpha value is -2.88. The molecule has 2 unspecified atom stereocenters. The lowest BCUT2D eigenvalue weighted by molar-refractivity contribution is 0.312. The highest BCUT2D eigenvalue weighted by Gasteiger charge is 2.34. The SMILES string of the molecule is Oc1cc2ccccc2n1C1CCCC1n1c(O)cc2ccccc21. The minimum Gasteiger partial charge on any atom is -0.494 e. The van der Waals surface area contributed by atoms with Crippen LogP contribution in [0.4, 0.5) is 0 Å². The summed E-state index contributed by atoms with van der Waals surface area (Å²) in [5, 5.41) is 23.3. The van der Waals surface area contributed by atoms with Crippen LogP contribution in [0.2, 0.25) is 0 Å². The highest BCUT2D eigenvalue weighted by Crippen LogP contribution is 2.46. The van der Waals surface area contributed by atoms with Crippen LogP contribution in [0.3, 0.4) is 0 Å². The van der Waals surface area contributed by atoms with Gasteiger partial charge in [0.15, 0.2) is 11.8 Å². The Kier molecular flexibility index (Phi) is 3.07. The van der Waals surface area contributed by atoms with Crippen molar-refractivity contribution < 1.29 is 10.2 Å². The van der Waals surface area contributed by atoms with Crippen molar-refractivity contribution in [3.8, 4) is 11.8 Å². The molecule has 1 saturated carbocycles. The Morgan fingerprint density at radius 1 is 0.680 bits per heavy atom. The van der Waals surface area contributed by atoms with E-state index in [-0.39, 0.29) is 12.1 Å². The first-order chi connectivity index (χ1) is 12.2. The summed E-state index contributed by atoms with van der Waals surface area (Å²) in [5.41, 5.74) is 2.10. The van der Waals surface area contributed by atoms with Crippen molar-refractivity contribution in [1.82, 2.24) is 9.13 Å². The molecule has 126 valence electrons. The van der Waals surface area contributed by atoms with Gasteiger partial charge in [-0.3, -0.25) is 0 Å². The molecule has 0 bridgehead atoms. The van der Waals surface area contributed by atoms with Gasteiger partial charge in [0.1, 0.15) is 0 Å². The molecule has 0 aliphatic heterocycles. The number of benzene rings is 2. The van der Waals surface area contributed by atoms with Crippen molar-refractivity contribution in [3.05, 3.63) is 60.7 Å². The van der Waals surface area contributed by atoms with Crippen molar-refractivity contribution >= 4 is 21.8 Å². The lowest BCUT2D eigenvalue weighted by Crippen LogP contribution is -2.17. The number of nitrogens with zero attached hydrogens (tertiary/aromatic N) is 2. The molecule has 2 aromatic heterocycles. The highest BCUT2D eigenvalue weighted by atomic mass is 16.3. The van der Waals surface area contributed by atoms with E-state index in [2.05, 4.69) is 12.1 Å². The first-order valence-corrected chi connectivity index (χ1v) is 8.82. The molecule has 4 nitrogen and oxygen atoms in total. The van der Waals surface area contributed by atoms with Gasteiger partial charge in [0.2, 0.25) is 0 Å². The van der Waals surface area contributed by atoms with Crippen molar-refractivity contribution in [3.63, 3.8) is 0 Å². The summed E-state index contributed by atoms with van der Waals surface area (Å²) in [4.78, 5) is 0. The molecule has 0 amide bonds. The molecular weight excluding hydrogens is 312 g/mol. The molecule has 2 heterocycles. The van der Waals surface area contributed by atoms with E-state index in [9.17, 15) is 10.2 Å². The number of aromatic nitrogens is 2. The second-order valence-corrected chi connectivity index (χ2v) is 6.93. The lowest BCUT2D eigenvalue weighted by atomic mass is 10.1. The van der Waals surface area contributed by atoms with E-state index in [4.69, 9.17) is 0 Å². The Balaban J connectivity index is 1.69. The van der Waals surface area contributed by atoms with Gasteiger partial charge in [-0.1, -0.05) is 36.4 Å². The fraction of sp³-hybridized carbons (Fsp3) is 0.238. The number of hydrogen-bond donors (Lipinski definition) is 2. The van der Waals surface area contributed by atoms with E-state index in [1.165, 1.54) is 0 Å². The number of rotatable bonds is 2. The van der Waals surface area contributed by atoms with Crippen molar-refractivity contribution in [2.24, 2.45) is 0 Å². The smallest absolute Gasteiger partial charge is 0.192 e. The van der Waals surface area contributed by atoms with Crippen LogP contribution in [-0.2, 0) is 0 Å². The first-order valence-electron chi connectivity index (χ1n) is 8.82. The summed E-state index contributed by atoms with van der Waals surface area (Å²) < 4.78 is 4.09. The summed E-state index contributed by atoms with van der Waals surface area (Å²) in [6.45, 7) is 0. The molecule has 4 heteroatoms. The summed E-state index contributed by atoms with van der Waals surface area (Å²) >= 11 is 0. The van der Waals surface area contributed by atoms with Gasteiger partial charge in [-0.25, -0.2) is 0 Å². The van der Waals surface area contributed by atoms with Gasteiger partial charge in [0.25, 0.3) is 0 Å². The van der Waals surface area contributed by atoms with Crippen LogP contribution in [0, 0.1) is 0 Å². The molecule has 2 N–H and O–H groups in total. The summed E-state index contributed by atoms with van der Waals surface area (Å²) in [6.07, 6.45) is 3.05. The van der Waals surface area contributed by atoms with Gasteiger partial charge in [-0.05, 0) is 31.4 Å². The molecule has 1 aliphatic rings. The normalized spacial score (nSPS) is 20.6. The molecule has 5 rings (SSSR count). The topological polar surface area (TPSA) is 50.3 Å². The second-order valence-electron chi connectivity index (χ2n) is 6.93. The summed E-state index contributed by atoms with van der Waals surface area (Å²) in [5.74, 6) is 0.600. The average Bonchev–Trinajstić information content (AvgIpc) is 3.27. The minimum absolute atomic E-state index is 0.126. The van der Waals surface area contributed by atoms with Crippen LogP contribution in [0.25, 0.3) is 21.8 Å². The van der Waals surface area contributed by atoms with Gasteiger partial charge < -0.3 is 19.3 Å². The zero-order chi connectivity index (χ0) is 17.0.